The highest BCUT2D eigenvalue weighted by molar-refractivity contribution is 5.79. The summed E-state index contributed by atoms with van der Waals surface area (Å²) in [7, 11) is 3.14. The zero-order chi connectivity index (χ0) is 11.4. The van der Waals surface area contributed by atoms with Crippen molar-refractivity contribution in [2.45, 2.75) is 0 Å². The number of hydrogen-bond acceptors (Lipinski definition) is 5. The molecule has 0 radical (unpaired) electrons. The molecule has 0 saturated carbocycles. The van der Waals surface area contributed by atoms with E-state index in [9.17, 15) is 9.18 Å². The molecule has 0 bridgehead atoms. The molecule has 0 aromatic carbocycles. The first-order valence-electron chi connectivity index (χ1n) is 4.24. The van der Waals surface area contributed by atoms with Crippen molar-refractivity contribution in [1.82, 2.24) is 9.97 Å². The molecule has 1 amide bonds. The van der Waals surface area contributed by atoms with Gasteiger partial charge in [-0.15, -0.1) is 0 Å². The lowest BCUT2D eigenvalue weighted by Gasteiger charge is -2.16. The van der Waals surface area contributed by atoms with Gasteiger partial charge in [0.1, 0.15) is 0 Å². The lowest BCUT2D eigenvalue weighted by molar-refractivity contribution is -0.116. The van der Waals surface area contributed by atoms with Crippen LogP contribution in [0.3, 0.4) is 0 Å². The van der Waals surface area contributed by atoms with Gasteiger partial charge in [0.15, 0.2) is 11.6 Å². The van der Waals surface area contributed by atoms with Crippen LogP contribution in [0.2, 0.25) is 0 Å². The summed E-state index contributed by atoms with van der Waals surface area (Å²) in [5.41, 5.74) is 4.99. The topological polar surface area (TPSA) is 84.1 Å². The third-order valence-corrected chi connectivity index (χ3v) is 1.70. The second kappa shape index (κ2) is 4.54. The Balaban J connectivity index is 2.95. The number of amides is 1. The van der Waals surface area contributed by atoms with E-state index in [1.54, 1.807) is 7.05 Å². The summed E-state index contributed by atoms with van der Waals surface area (Å²) in [6, 6.07) is 0. The molecule has 6 nitrogen and oxygen atoms in total. The fraction of sp³-hybridized carbons (Fsp3) is 0.375. The molecule has 7 heteroatoms. The predicted octanol–water partition coefficient (Wildman–Crippen LogP) is -0.421. The number of carbonyl (C=O) groups is 1. The number of likely N-dealkylation sites (N-methyl/N-ethyl adjacent to an activating group) is 1. The van der Waals surface area contributed by atoms with E-state index >= 15 is 0 Å². The third kappa shape index (κ3) is 2.76. The Morgan fingerprint density at radius 1 is 1.73 bits per heavy atom. The van der Waals surface area contributed by atoms with Crippen LogP contribution in [-0.4, -0.2) is 36.5 Å². The monoisotopic (exact) mass is 213 g/mol. The zero-order valence-corrected chi connectivity index (χ0v) is 8.49. The maximum absolute atomic E-state index is 13.3. The number of primary amides is 1. The van der Waals surface area contributed by atoms with E-state index in [0.29, 0.717) is 0 Å². The van der Waals surface area contributed by atoms with E-state index in [-0.39, 0.29) is 18.3 Å². The van der Waals surface area contributed by atoms with E-state index in [4.69, 9.17) is 5.73 Å². The average molecular weight is 213 g/mol. The summed E-state index contributed by atoms with van der Waals surface area (Å²) in [4.78, 5) is 19.5. The quantitative estimate of drug-likeness (QED) is 0.709. The molecule has 82 valence electrons. The van der Waals surface area contributed by atoms with Gasteiger partial charge in [0.05, 0.1) is 12.7 Å². The fourth-order valence-corrected chi connectivity index (χ4v) is 1.05. The van der Waals surface area contributed by atoms with Gasteiger partial charge in [0.25, 0.3) is 0 Å². The van der Waals surface area contributed by atoms with Crippen molar-refractivity contribution in [2.75, 3.05) is 30.9 Å². The highest BCUT2D eigenvalue weighted by Crippen LogP contribution is 2.14. The summed E-state index contributed by atoms with van der Waals surface area (Å²) >= 11 is 0. The van der Waals surface area contributed by atoms with Crippen molar-refractivity contribution < 1.29 is 9.18 Å². The Labute approximate surface area is 86.3 Å². The van der Waals surface area contributed by atoms with Gasteiger partial charge < -0.3 is 16.0 Å². The smallest absolute Gasteiger partial charge is 0.236 e. The minimum absolute atomic E-state index is 0.0353. The van der Waals surface area contributed by atoms with Crippen LogP contribution in [0.5, 0.6) is 0 Å². The second-order valence-electron chi connectivity index (χ2n) is 2.94. The van der Waals surface area contributed by atoms with Crippen LogP contribution >= 0.6 is 0 Å². The summed E-state index contributed by atoms with van der Waals surface area (Å²) in [6.07, 6.45) is 1.03. The number of nitrogens with two attached hydrogens (primary N) is 1. The Morgan fingerprint density at radius 2 is 2.40 bits per heavy atom. The molecule has 0 unspecified atom stereocenters. The van der Waals surface area contributed by atoms with Gasteiger partial charge in [0, 0.05) is 14.1 Å². The molecule has 0 fully saturated rings. The van der Waals surface area contributed by atoms with Gasteiger partial charge in [-0.2, -0.15) is 4.98 Å². The zero-order valence-electron chi connectivity index (χ0n) is 8.49. The molecule has 15 heavy (non-hydrogen) atoms. The Morgan fingerprint density at radius 3 is 2.93 bits per heavy atom. The van der Waals surface area contributed by atoms with Gasteiger partial charge in [-0.1, -0.05) is 0 Å². The molecule has 1 aromatic rings. The predicted molar refractivity (Wildman–Crippen MR) is 54.0 cm³/mol. The Hall–Kier alpha value is -1.92. The number of halogens is 1. The fourth-order valence-electron chi connectivity index (χ4n) is 1.05. The van der Waals surface area contributed by atoms with Crippen LogP contribution in [0.25, 0.3) is 0 Å². The Bertz CT molecular complexity index is 370. The number of nitrogens with zero attached hydrogens (tertiary/aromatic N) is 3. The van der Waals surface area contributed by atoms with Crippen molar-refractivity contribution in [2.24, 2.45) is 5.73 Å². The first-order valence-corrected chi connectivity index (χ1v) is 4.24. The van der Waals surface area contributed by atoms with E-state index < -0.39 is 11.7 Å². The maximum Gasteiger partial charge on any atom is 0.236 e. The minimum Gasteiger partial charge on any atom is -0.368 e. The molecule has 1 aromatic heterocycles. The highest BCUT2D eigenvalue weighted by atomic mass is 19.1. The first-order chi connectivity index (χ1) is 7.04. The minimum atomic E-state index is -0.599. The molecule has 0 aliphatic rings. The molecule has 0 aliphatic carbocycles. The van der Waals surface area contributed by atoms with Crippen molar-refractivity contribution in [3.05, 3.63) is 12.0 Å². The maximum atomic E-state index is 13.3. The number of aromatic nitrogens is 2. The lowest BCUT2D eigenvalue weighted by atomic mass is 10.4. The molecular weight excluding hydrogens is 201 g/mol. The van der Waals surface area contributed by atoms with Gasteiger partial charge in [-0.3, -0.25) is 4.79 Å². The highest BCUT2D eigenvalue weighted by Gasteiger charge is 2.12. The third-order valence-electron chi connectivity index (χ3n) is 1.70. The van der Waals surface area contributed by atoms with Gasteiger partial charge in [-0.25, -0.2) is 9.37 Å². The number of rotatable bonds is 4. The number of hydrogen-bond donors (Lipinski definition) is 2. The molecule has 0 spiro atoms. The normalized spacial score (nSPS) is 9.80. The summed E-state index contributed by atoms with van der Waals surface area (Å²) in [5.74, 6) is -0.838. The van der Waals surface area contributed by atoms with Gasteiger partial charge >= 0.3 is 0 Å². The number of nitrogens with one attached hydrogen (secondary N) is 1. The van der Waals surface area contributed by atoms with Crippen molar-refractivity contribution >= 4 is 17.7 Å². The van der Waals surface area contributed by atoms with Crippen LogP contribution in [0, 0.1) is 5.82 Å². The van der Waals surface area contributed by atoms with E-state index in [1.807, 2.05) is 0 Å². The number of carbonyl (C=O) groups excluding carboxylic acids is 1. The molecule has 1 rings (SSSR count). The number of anilines is 2. The van der Waals surface area contributed by atoms with Crippen LogP contribution in [0.4, 0.5) is 16.2 Å². The first kappa shape index (κ1) is 11.2. The SMILES string of the molecule is CNc1ncc(F)c(N(C)CC(N)=O)n1. The van der Waals surface area contributed by atoms with E-state index in [1.165, 1.54) is 11.9 Å². The second-order valence-corrected chi connectivity index (χ2v) is 2.94. The van der Waals surface area contributed by atoms with Crippen LogP contribution < -0.4 is 16.0 Å². The lowest BCUT2D eigenvalue weighted by Crippen LogP contribution is -2.31. The largest absolute Gasteiger partial charge is 0.368 e. The molecular formula is C8H12FN5O. The standard InChI is InChI=1S/C8H12FN5O/c1-11-8-12-3-5(9)7(13-8)14(2)4-6(10)15/h3H,4H2,1-2H3,(H2,10,15)(H,11,12,13). The summed E-state index contributed by atoms with van der Waals surface area (Å²) in [5, 5.41) is 2.67. The van der Waals surface area contributed by atoms with Gasteiger partial charge in [-0.05, 0) is 0 Å². The molecule has 0 saturated heterocycles. The average Bonchev–Trinajstić information content (AvgIpc) is 2.17. The molecule has 1 heterocycles. The Kier molecular flexibility index (Phi) is 3.37. The van der Waals surface area contributed by atoms with Crippen LogP contribution in [0.15, 0.2) is 6.20 Å². The molecule has 3 N–H and O–H groups in total. The van der Waals surface area contributed by atoms with E-state index in [2.05, 4.69) is 15.3 Å². The molecule has 0 aliphatic heterocycles. The van der Waals surface area contributed by atoms with Crippen molar-refractivity contribution in [1.29, 1.82) is 0 Å². The summed E-state index contributed by atoms with van der Waals surface area (Å²) < 4.78 is 13.3. The van der Waals surface area contributed by atoms with E-state index in [0.717, 1.165) is 6.20 Å². The van der Waals surface area contributed by atoms with Gasteiger partial charge in [0.2, 0.25) is 11.9 Å². The summed E-state index contributed by atoms with van der Waals surface area (Å²) in [6.45, 7) is -0.100. The van der Waals surface area contributed by atoms with Crippen LogP contribution in [-0.2, 0) is 4.79 Å². The van der Waals surface area contributed by atoms with Crippen LogP contribution in [0.1, 0.15) is 0 Å². The molecule has 0 atom stereocenters. The van der Waals surface area contributed by atoms with Crippen molar-refractivity contribution in [3.63, 3.8) is 0 Å². The van der Waals surface area contributed by atoms with Crippen molar-refractivity contribution in [3.8, 4) is 0 Å².